The van der Waals surface area contributed by atoms with Crippen LogP contribution in [0.2, 0.25) is 0 Å². The molecular formula is C14H28N2. The van der Waals surface area contributed by atoms with E-state index in [4.69, 9.17) is 5.73 Å². The monoisotopic (exact) mass is 224 g/mol. The van der Waals surface area contributed by atoms with Gasteiger partial charge in [-0.25, -0.2) is 0 Å². The van der Waals surface area contributed by atoms with E-state index in [9.17, 15) is 0 Å². The third kappa shape index (κ3) is 2.02. The molecule has 2 rings (SSSR count). The topological polar surface area (TPSA) is 29.3 Å². The molecule has 16 heavy (non-hydrogen) atoms. The Labute approximate surface area is 101 Å². The van der Waals surface area contributed by atoms with E-state index in [0.717, 1.165) is 18.5 Å². The van der Waals surface area contributed by atoms with Crippen molar-refractivity contribution in [2.24, 2.45) is 17.1 Å². The first kappa shape index (κ1) is 12.4. The van der Waals surface area contributed by atoms with Gasteiger partial charge in [-0.3, -0.25) is 4.90 Å². The fourth-order valence-corrected chi connectivity index (χ4v) is 4.14. The van der Waals surface area contributed by atoms with Crippen LogP contribution in [0.1, 0.15) is 53.4 Å². The average Bonchev–Trinajstić information content (AvgIpc) is 2.68. The third-order valence-corrected chi connectivity index (χ3v) is 4.85. The molecule has 94 valence electrons. The maximum absolute atomic E-state index is 6.14. The number of nitrogens with zero attached hydrogens (tertiary/aromatic N) is 1. The Kier molecular flexibility index (Phi) is 3.09. The molecule has 1 aliphatic heterocycles. The van der Waals surface area contributed by atoms with Gasteiger partial charge < -0.3 is 5.73 Å². The summed E-state index contributed by atoms with van der Waals surface area (Å²) in [6, 6.07) is 0.729. The lowest BCUT2D eigenvalue weighted by Gasteiger charge is -2.42. The molecule has 0 amide bonds. The summed E-state index contributed by atoms with van der Waals surface area (Å²) in [6.07, 6.45) is 5.27. The summed E-state index contributed by atoms with van der Waals surface area (Å²) in [6.45, 7) is 11.7. The normalized spacial score (nSPS) is 44.1. The number of hydrogen-bond donors (Lipinski definition) is 1. The Bertz CT molecular complexity index is 261. The van der Waals surface area contributed by atoms with Gasteiger partial charge in [-0.15, -0.1) is 0 Å². The zero-order valence-electron chi connectivity index (χ0n) is 11.4. The highest BCUT2D eigenvalue weighted by Crippen LogP contribution is 2.48. The predicted molar refractivity (Wildman–Crippen MR) is 69.4 cm³/mol. The third-order valence-electron chi connectivity index (χ3n) is 4.85. The van der Waals surface area contributed by atoms with Gasteiger partial charge in [0.05, 0.1) is 0 Å². The summed E-state index contributed by atoms with van der Waals surface area (Å²) in [4.78, 5) is 2.73. The van der Waals surface area contributed by atoms with E-state index < -0.39 is 0 Å². The Morgan fingerprint density at radius 1 is 1.25 bits per heavy atom. The van der Waals surface area contributed by atoms with Crippen LogP contribution in [-0.2, 0) is 0 Å². The number of nitrogens with two attached hydrogens (primary N) is 1. The molecule has 0 aromatic heterocycles. The lowest BCUT2D eigenvalue weighted by atomic mass is 9.86. The second-order valence-electron chi connectivity index (χ2n) is 7.11. The van der Waals surface area contributed by atoms with E-state index in [2.05, 4.69) is 32.6 Å². The molecule has 0 spiro atoms. The fraction of sp³-hybridized carbons (Fsp3) is 1.00. The maximum atomic E-state index is 6.14. The molecule has 3 atom stereocenters. The van der Waals surface area contributed by atoms with Gasteiger partial charge >= 0.3 is 0 Å². The van der Waals surface area contributed by atoms with Gasteiger partial charge in [-0.1, -0.05) is 20.8 Å². The van der Waals surface area contributed by atoms with E-state index in [0.29, 0.717) is 11.0 Å². The molecule has 2 aliphatic rings. The second-order valence-corrected chi connectivity index (χ2v) is 7.11. The Balaban J connectivity index is 2.17. The van der Waals surface area contributed by atoms with E-state index in [1.807, 2.05) is 0 Å². The summed E-state index contributed by atoms with van der Waals surface area (Å²) in [5.41, 5.74) is 6.94. The first-order chi connectivity index (χ1) is 7.38. The van der Waals surface area contributed by atoms with Crippen LogP contribution in [0, 0.1) is 11.3 Å². The zero-order chi connectivity index (χ0) is 12.0. The first-order valence-electron chi connectivity index (χ1n) is 6.85. The van der Waals surface area contributed by atoms with Crippen molar-refractivity contribution in [2.45, 2.75) is 65.0 Å². The molecule has 0 radical (unpaired) electrons. The summed E-state index contributed by atoms with van der Waals surface area (Å²) >= 11 is 0. The smallest absolute Gasteiger partial charge is 0.0339 e. The van der Waals surface area contributed by atoms with Gasteiger partial charge in [0.25, 0.3) is 0 Å². The van der Waals surface area contributed by atoms with Gasteiger partial charge in [0.2, 0.25) is 0 Å². The highest BCUT2D eigenvalue weighted by molar-refractivity contribution is 5.05. The van der Waals surface area contributed by atoms with Crippen LogP contribution in [0.15, 0.2) is 0 Å². The van der Waals surface area contributed by atoms with Gasteiger partial charge in [-0.2, -0.15) is 0 Å². The van der Waals surface area contributed by atoms with Gasteiger partial charge in [0.15, 0.2) is 0 Å². The van der Waals surface area contributed by atoms with Crippen LogP contribution >= 0.6 is 0 Å². The molecule has 2 fully saturated rings. The van der Waals surface area contributed by atoms with Crippen molar-refractivity contribution in [1.29, 1.82) is 0 Å². The lowest BCUT2D eigenvalue weighted by molar-refractivity contribution is 0.0802. The molecule has 2 nitrogen and oxygen atoms in total. The Morgan fingerprint density at radius 3 is 2.31 bits per heavy atom. The second kappa shape index (κ2) is 3.99. The van der Waals surface area contributed by atoms with Crippen LogP contribution in [0.3, 0.4) is 0 Å². The Morgan fingerprint density at radius 2 is 1.94 bits per heavy atom. The van der Waals surface area contributed by atoms with E-state index >= 15 is 0 Å². The molecular weight excluding hydrogens is 196 g/mol. The van der Waals surface area contributed by atoms with Crippen LogP contribution in [0.4, 0.5) is 0 Å². The first-order valence-corrected chi connectivity index (χ1v) is 6.85. The standard InChI is InChI=1S/C14H28N2/c1-11-7-12(2)16(8-11)14(10-15)6-5-13(3,4)9-14/h11-12H,5-10,15H2,1-4H3. The highest BCUT2D eigenvalue weighted by Gasteiger charge is 2.49. The maximum Gasteiger partial charge on any atom is 0.0339 e. The Hall–Kier alpha value is -0.0800. The minimum atomic E-state index is 0.313. The van der Waals surface area contributed by atoms with E-state index in [1.54, 1.807) is 0 Å². The summed E-state index contributed by atoms with van der Waals surface area (Å²) in [7, 11) is 0. The lowest BCUT2D eigenvalue weighted by Crippen LogP contribution is -2.54. The fourth-order valence-electron chi connectivity index (χ4n) is 4.14. The summed E-state index contributed by atoms with van der Waals surface area (Å²) in [5, 5.41) is 0. The highest BCUT2D eigenvalue weighted by atomic mass is 15.3. The van der Waals surface area contributed by atoms with E-state index in [-0.39, 0.29) is 0 Å². The number of hydrogen-bond acceptors (Lipinski definition) is 2. The van der Waals surface area contributed by atoms with Gasteiger partial charge in [0, 0.05) is 24.7 Å². The molecule has 0 aromatic rings. The number of likely N-dealkylation sites (tertiary alicyclic amines) is 1. The number of rotatable bonds is 2. The largest absolute Gasteiger partial charge is 0.329 e. The van der Waals surface area contributed by atoms with Crippen molar-refractivity contribution in [3.8, 4) is 0 Å². The minimum absolute atomic E-state index is 0.313. The molecule has 1 saturated heterocycles. The van der Waals surface area contributed by atoms with E-state index in [1.165, 1.54) is 32.2 Å². The summed E-state index contributed by atoms with van der Waals surface area (Å²) in [5.74, 6) is 0.849. The van der Waals surface area contributed by atoms with Crippen molar-refractivity contribution in [1.82, 2.24) is 4.90 Å². The van der Waals surface area contributed by atoms with Crippen LogP contribution in [-0.4, -0.2) is 29.6 Å². The molecule has 3 unspecified atom stereocenters. The van der Waals surface area contributed by atoms with Crippen LogP contribution in [0.25, 0.3) is 0 Å². The van der Waals surface area contributed by atoms with Crippen molar-refractivity contribution >= 4 is 0 Å². The van der Waals surface area contributed by atoms with Crippen molar-refractivity contribution < 1.29 is 0 Å². The van der Waals surface area contributed by atoms with Gasteiger partial charge in [0.1, 0.15) is 0 Å². The van der Waals surface area contributed by atoms with Gasteiger partial charge in [-0.05, 0) is 43.9 Å². The average molecular weight is 224 g/mol. The molecule has 1 saturated carbocycles. The zero-order valence-corrected chi connectivity index (χ0v) is 11.4. The molecule has 1 heterocycles. The van der Waals surface area contributed by atoms with Crippen LogP contribution < -0.4 is 5.73 Å². The molecule has 2 N–H and O–H groups in total. The molecule has 0 aromatic carbocycles. The molecule has 2 heteroatoms. The SMILES string of the molecule is CC1CC(C)N(C2(CN)CCC(C)(C)C2)C1. The predicted octanol–water partition coefficient (Wildman–Crippen LogP) is 2.62. The van der Waals surface area contributed by atoms with Crippen molar-refractivity contribution in [3.05, 3.63) is 0 Å². The van der Waals surface area contributed by atoms with Crippen LogP contribution in [0.5, 0.6) is 0 Å². The molecule has 0 bridgehead atoms. The quantitative estimate of drug-likeness (QED) is 0.781. The van der Waals surface area contributed by atoms with Crippen molar-refractivity contribution in [2.75, 3.05) is 13.1 Å². The minimum Gasteiger partial charge on any atom is -0.329 e. The van der Waals surface area contributed by atoms with Crippen molar-refractivity contribution in [3.63, 3.8) is 0 Å². The summed E-state index contributed by atoms with van der Waals surface area (Å²) < 4.78 is 0. The molecule has 1 aliphatic carbocycles.